The molecule has 0 aliphatic heterocycles. The molecule has 0 saturated heterocycles. The first-order valence-corrected chi connectivity index (χ1v) is 5.55. The molecule has 1 aromatic carbocycles. The van der Waals surface area contributed by atoms with Gasteiger partial charge in [0.05, 0.1) is 6.20 Å². The van der Waals surface area contributed by atoms with Gasteiger partial charge in [-0.1, -0.05) is 23.7 Å². The number of halogens is 1. The number of benzene rings is 1. The van der Waals surface area contributed by atoms with Crippen molar-refractivity contribution in [1.29, 1.82) is 0 Å². The summed E-state index contributed by atoms with van der Waals surface area (Å²) in [6.07, 6.45) is 3.07. The van der Waals surface area contributed by atoms with Gasteiger partial charge in [-0.05, 0) is 17.7 Å². The maximum absolute atomic E-state index is 6.03. The second-order valence-corrected chi connectivity index (χ2v) is 4.20. The van der Waals surface area contributed by atoms with Crippen molar-refractivity contribution in [2.45, 2.75) is 6.54 Å². The number of nitrogens with zero attached hydrogens (tertiary/aromatic N) is 3. The van der Waals surface area contributed by atoms with Gasteiger partial charge in [0.2, 0.25) is 0 Å². The molecule has 0 bridgehead atoms. The van der Waals surface area contributed by atoms with E-state index in [9.17, 15) is 0 Å². The summed E-state index contributed by atoms with van der Waals surface area (Å²) in [5.41, 5.74) is 7.60. The van der Waals surface area contributed by atoms with E-state index >= 15 is 0 Å². The van der Waals surface area contributed by atoms with Crippen LogP contribution in [0, 0.1) is 0 Å². The molecule has 0 aliphatic carbocycles. The van der Waals surface area contributed by atoms with E-state index in [1.165, 1.54) is 6.33 Å². The van der Waals surface area contributed by atoms with Crippen molar-refractivity contribution in [1.82, 2.24) is 9.97 Å². The molecular weight excluding hydrogens is 236 g/mol. The summed E-state index contributed by atoms with van der Waals surface area (Å²) in [7, 11) is 1.93. The summed E-state index contributed by atoms with van der Waals surface area (Å²) in [5.74, 6) is 0.712. The fraction of sp³-hybridized carbons (Fsp3) is 0.167. The molecule has 5 heteroatoms. The Morgan fingerprint density at radius 1 is 1.41 bits per heavy atom. The first-order chi connectivity index (χ1) is 8.16. The van der Waals surface area contributed by atoms with E-state index in [2.05, 4.69) is 9.97 Å². The molecule has 1 aromatic heterocycles. The van der Waals surface area contributed by atoms with Crippen LogP contribution in [0.5, 0.6) is 0 Å². The Morgan fingerprint density at radius 2 is 2.24 bits per heavy atom. The van der Waals surface area contributed by atoms with Crippen molar-refractivity contribution >= 4 is 23.1 Å². The molecule has 4 nitrogen and oxygen atoms in total. The van der Waals surface area contributed by atoms with Gasteiger partial charge in [0.15, 0.2) is 5.82 Å². The molecule has 0 saturated carbocycles. The van der Waals surface area contributed by atoms with Gasteiger partial charge in [0, 0.05) is 19.3 Å². The lowest BCUT2D eigenvalue weighted by molar-refractivity contribution is 0.891. The lowest BCUT2D eigenvalue weighted by Crippen LogP contribution is -2.18. The molecule has 88 valence electrons. The maximum Gasteiger partial charge on any atom is 0.150 e. The average Bonchev–Trinajstić information content (AvgIpc) is 2.29. The van der Waals surface area contributed by atoms with Crippen LogP contribution in [0.3, 0.4) is 0 Å². The third kappa shape index (κ3) is 2.85. The van der Waals surface area contributed by atoms with Crippen molar-refractivity contribution in [3.05, 3.63) is 47.4 Å². The van der Waals surface area contributed by atoms with E-state index in [1.807, 2.05) is 36.2 Å². The lowest BCUT2D eigenvalue weighted by atomic mass is 10.2. The smallest absolute Gasteiger partial charge is 0.150 e. The molecule has 0 aliphatic rings. The highest BCUT2D eigenvalue weighted by atomic mass is 35.5. The zero-order chi connectivity index (χ0) is 12.3. The Kier molecular flexibility index (Phi) is 3.44. The van der Waals surface area contributed by atoms with Crippen LogP contribution < -0.4 is 10.6 Å². The number of nitrogen functional groups attached to an aromatic ring is 1. The van der Waals surface area contributed by atoms with Crippen LogP contribution in [0.1, 0.15) is 5.56 Å². The maximum atomic E-state index is 6.03. The molecule has 2 N–H and O–H groups in total. The summed E-state index contributed by atoms with van der Waals surface area (Å²) in [6, 6.07) is 7.74. The van der Waals surface area contributed by atoms with E-state index in [0.717, 1.165) is 11.3 Å². The van der Waals surface area contributed by atoms with Gasteiger partial charge in [-0.15, -0.1) is 0 Å². The number of nitrogens with two attached hydrogens (primary N) is 1. The van der Waals surface area contributed by atoms with Gasteiger partial charge in [-0.2, -0.15) is 0 Å². The molecule has 2 aromatic rings. The normalized spacial score (nSPS) is 10.2. The summed E-state index contributed by atoms with van der Waals surface area (Å²) in [6.45, 7) is 0.696. The van der Waals surface area contributed by atoms with Crippen LogP contribution in [-0.2, 0) is 6.54 Å². The number of hydrogen-bond donors (Lipinski definition) is 1. The molecule has 0 unspecified atom stereocenters. The van der Waals surface area contributed by atoms with Gasteiger partial charge < -0.3 is 10.6 Å². The fourth-order valence-electron chi connectivity index (χ4n) is 1.63. The first kappa shape index (κ1) is 11.7. The van der Waals surface area contributed by atoms with E-state index < -0.39 is 0 Å². The van der Waals surface area contributed by atoms with Crippen LogP contribution in [0.15, 0.2) is 36.8 Å². The largest absolute Gasteiger partial charge is 0.399 e. The zero-order valence-corrected chi connectivity index (χ0v) is 10.2. The Bertz CT molecular complexity index is 515. The number of anilines is 2. The Balaban J connectivity index is 2.17. The molecular formula is C12H13ClN4. The number of aromatic nitrogens is 2. The van der Waals surface area contributed by atoms with Gasteiger partial charge >= 0.3 is 0 Å². The zero-order valence-electron chi connectivity index (χ0n) is 9.47. The predicted octanol–water partition coefficient (Wildman–Crippen LogP) is 2.35. The third-order valence-corrected chi connectivity index (χ3v) is 2.65. The van der Waals surface area contributed by atoms with Crippen molar-refractivity contribution in [2.24, 2.45) is 0 Å². The number of hydrogen-bond acceptors (Lipinski definition) is 4. The second-order valence-electron chi connectivity index (χ2n) is 3.80. The van der Waals surface area contributed by atoms with Crippen molar-refractivity contribution < 1.29 is 0 Å². The lowest BCUT2D eigenvalue weighted by Gasteiger charge is -2.19. The molecule has 1 heterocycles. The quantitative estimate of drug-likeness (QED) is 0.848. The summed E-state index contributed by atoms with van der Waals surface area (Å²) in [4.78, 5) is 9.96. The molecule has 2 rings (SSSR count). The van der Waals surface area contributed by atoms with Crippen LogP contribution >= 0.6 is 11.6 Å². The SMILES string of the molecule is CN(Cc1cccc(N)c1)c1ncncc1Cl. The van der Waals surface area contributed by atoms with Crippen molar-refractivity contribution in [3.8, 4) is 0 Å². The monoisotopic (exact) mass is 248 g/mol. The molecule has 17 heavy (non-hydrogen) atoms. The molecule has 0 atom stereocenters. The Hall–Kier alpha value is -1.81. The summed E-state index contributed by atoms with van der Waals surface area (Å²) in [5, 5.41) is 0.541. The number of rotatable bonds is 3. The first-order valence-electron chi connectivity index (χ1n) is 5.18. The second kappa shape index (κ2) is 5.01. The van der Waals surface area contributed by atoms with Crippen LogP contribution in [0.2, 0.25) is 5.02 Å². The highest BCUT2D eigenvalue weighted by Crippen LogP contribution is 2.21. The minimum atomic E-state index is 0.541. The van der Waals surface area contributed by atoms with Crippen LogP contribution in [0.25, 0.3) is 0 Å². The Morgan fingerprint density at radius 3 is 2.94 bits per heavy atom. The highest BCUT2D eigenvalue weighted by Gasteiger charge is 2.07. The predicted molar refractivity (Wildman–Crippen MR) is 70.0 cm³/mol. The minimum absolute atomic E-state index is 0.541. The van der Waals surface area contributed by atoms with Crippen molar-refractivity contribution in [2.75, 3.05) is 17.7 Å². The van der Waals surface area contributed by atoms with E-state index in [0.29, 0.717) is 17.4 Å². The van der Waals surface area contributed by atoms with Gasteiger partial charge in [0.25, 0.3) is 0 Å². The van der Waals surface area contributed by atoms with E-state index in [4.69, 9.17) is 17.3 Å². The fourth-order valence-corrected chi connectivity index (χ4v) is 1.88. The molecule has 0 fully saturated rings. The van der Waals surface area contributed by atoms with E-state index in [-0.39, 0.29) is 0 Å². The van der Waals surface area contributed by atoms with Gasteiger partial charge in [-0.25, -0.2) is 9.97 Å². The highest BCUT2D eigenvalue weighted by molar-refractivity contribution is 6.32. The topological polar surface area (TPSA) is 55.0 Å². The third-order valence-electron chi connectivity index (χ3n) is 2.38. The molecule has 0 radical (unpaired) electrons. The van der Waals surface area contributed by atoms with Gasteiger partial charge in [0.1, 0.15) is 11.3 Å². The summed E-state index contributed by atoms with van der Waals surface area (Å²) >= 11 is 6.03. The minimum Gasteiger partial charge on any atom is -0.399 e. The van der Waals surface area contributed by atoms with Crippen molar-refractivity contribution in [3.63, 3.8) is 0 Å². The average molecular weight is 249 g/mol. The van der Waals surface area contributed by atoms with Gasteiger partial charge in [-0.3, -0.25) is 0 Å². The van der Waals surface area contributed by atoms with Crippen LogP contribution in [0.4, 0.5) is 11.5 Å². The standard InChI is InChI=1S/C12H13ClN4/c1-17(12-11(13)6-15-8-16-12)7-9-3-2-4-10(14)5-9/h2-6,8H,7,14H2,1H3. The summed E-state index contributed by atoms with van der Waals surface area (Å²) < 4.78 is 0. The molecule has 0 amide bonds. The van der Waals surface area contributed by atoms with Crippen LogP contribution in [-0.4, -0.2) is 17.0 Å². The molecule has 0 spiro atoms. The Labute approximate surface area is 105 Å². The van der Waals surface area contributed by atoms with E-state index in [1.54, 1.807) is 6.20 Å².